The molecule has 3 aromatic rings. The molecule has 0 radical (unpaired) electrons. The second-order valence-electron chi connectivity index (χ2n) is 5.28. The van der Waals surface area contributed by atoms with Crippen LogP contribution in [-0.2, 0) is 6.61 Å². The lowest BCUT2D eigenvalue weighted by molar-refractivity contribution is 0.253. The second kappa shape index (κ2) is 8.26. The fourth-order valence-electron chi connectivity index (χ4n) is 2.36. The Morgan fingerprint density at radius 1 is 0.963 bits per heavy atom. The first kappa shape index (κ1) is 19.0. The summed E-state index contributed by atoms with van der Waals surface area (Å²) >= 11 is 3.19. The zero-order chi connectivity index (χ0) is 19.4. The monoisotopic (exact) mass is 438 g/mol. The van der Waals surface area contributed by atoms with Gasteiger partial charge in [0.1, 0.15) is 0 Å². The summed E-state index contributed by atoms with van der Waals surface area (Å²) in [4.78, 5) is 0. The highest BCUT2D eigenvalue weighted by Gasteiger charge is 2.18. The Morgan fingerprint density at radius 2 is 1.67 bits per heavy atom. The van der Waals surface area contributed by atoms with Crippen molar-refractivity contribution in [3.63, 3.8) is 0 Å². The maximum Gasteiger partial charge on any atom is 0.254 e. The molecule has 0 saturated carbocycles. The van der Waals surface area contributed by atoms with Crippen LogP contribution in [-0.4, -0.2) is 31.5 Å². The largest absolute Gasteiger partial charge is 0.493 e. The van der Waals surface area contributed by atoms with E-state index in [9.17, 15) is 4.39 Å². The van der Waals surface area contributed by atoms with Crippen LogP contribution in [0.1, 0.15) is 5.89 Å². The number of hydrogen-bond donors (Lipinski definition) is 0. The maximum atomic E-state index is 13.8. The van der Waals surface area contributed by atoms with Crippen molar-refractivity contribution in [1.82, 2.24) is 10.2 Å². The Balaban J connectivity index is 1.81. The van der Waals surface area contributed by atoms with Crippen LogP contribution in [0.5, 0.6) is 23.0 Å². The van der Waals surface area contributed by atoms with Crippen molar-refractivity contribution in [2.75, 3.05) is 21.3 Å². The van der Waals surface area contributed by atoms with E-state index >= 15 is 0 Å². The molecule has 0 N–H and O–H groups in total. The number of nitrogens with zero attached hydrogens (tertiary/aromatic N) is 2. The first-order valence-electron chi connectivity index (χ1n) is 7.76. The van der Waals surface area contributed by atoms with Gasteiger partial charge in [0.05, 0.1) is 21.3 Å². The molecule has 0 aliphatic rings. The number of halogens is 2. The SMILES string of the molecule is COc1cc(-c2nnc(COc3ccc(Br)cc3F)o2)cc(OC)c1OC. The zero-order valence-electron chi connectivity index (χ0n) is 14.8. The zero-order valence-corrected chi connectivity index (χ0v) is 16.4. The molecular weight excluding hydrogens is 423 g/mol. The summed E-state index contributed by atoms with van der Waals surface area (Å²) in [5.41, 5.74) is 0.582. The Hall–Kier alpha value is -2.81. The summed E-state index contributed by atoms with van der Waals surface area (Å²) in [6, 6.07) is 7.87. The van der Waals surface area contributed by atoms with E-state index < -0.39 is 5.82 Å². The van der Waals surface area contributed by atoms with Crippen molar-refractivity contribution in [3.05, 3.63) is 46.5 Å². The van der Waals surface area contributed by atoms with Crippen molar-refractivity contribution in [3.8, 4) is 34.5 Å². The highest BCUT2D eigenvalue weighted by molar-refractivity contribution is 9.10. The minimum absolute atomic E-state index is 0.0734. The molecule has 0 aliphatic heterocycles. The van der Waals surface area contributed by atoms with Crippen LogP contribution in [0.4, 0.5) is 4.39 Å². The third-order valence-electron chi connectivity index (χ3n) is 3.62. The van der Waals surface area contributed by atoms with E-state index in [-0.39, 0.29) is 24.1 Å². The second-order valence-corrected chi connectivity index (χ2v) is 6.19. The molecule has 0 atom stereocenters. The van der Waals surface area contributed by atoms with Crippen LogP contribution in [0.15, 0.2) is 39.2 Å². The Labute approximate surface area is 163 Å². The molecule has 0 unspecified atom stereocenters. The van der Waals surface area contributed by atoms with Gasteiger partial charge in [0, 0.05) is 10.0 Å². The molecule has 27 heavy (non-hydrogen) atoms. The summed E-state index contributed by atoms with van der Waals surface area (Å²) in [5.74, 6) is 1.40. The molecule has 0 saturated heterocycles. The van der Waals surface area contributed by atoms with Crippen molar-refractivity contribution in [1.29, 1.82) is 0 Å². The van der Waals surface area contributed by atoms with Gasteiger partial charge in [0.2, 0.25) is 11.6 Å². The molecule has 142 valence electrons. The first-order chi connectivity index (χ1) is 13.0. The lowest BCUT2D eigenvalue weighted by atomic mass is 10.2. The van der Waals surface area contributed by atoms with Gasteiger partial charge < -0.3 is 23.4 Å². The fourth-order valence-corrected chi connectivity index (χ4v) is 2.70. The Kier molecular flexibility index (Phi) is 5.80. The lowest BCUT2D eigenvalue weighted by Gasteiger charge is -2.12. The topological polar surface area (TPSA) is 75.8 Å². The number of ether oxygens (including phenoxy) is 4. The van der Waals surface area contributed by atoms with Crippen LogP contribution in [0.25, 0.3) is 11.5 Å². The Bertz CT molecular complexity index is 922. The standard InChI is InChI=1S/C18H16BrFN2O5/c1-23-14-6-10(7-15(24-2)17(14)25-3)18-22-21-16(27-18)9-26-13-5-4-11(19)8-12(13)20/h4-8H,9H2,1-3H3. The highest BCUT2D eigenvalue weighted by atomic mass is 79.9. The molecule has 0 fully saturated rings. The summed E-state index contributed by atoms with van der Waals surface area (Å²) in [6.45, 7) is -0.0734. The van der Waals surface area contributed by atoms with Crippen LogP contribution in [0.2, 0.25) is 0 Å². The van der Waals surface area contributed by atoms with E-state index in [4.69, 9.17) is 23.4 Å². The lowest BCUT2D eigenvalue weighted by Crippen LogP contribution is -1.97. The van der Waals surface area contributed by atoms with E-state index in [0.717, 1.165) is 0 Å². The molecule has 2 aromatic carbocycles. The number of rotatable bonds is 7. The normalized spacial score (nSPS) is 10.6. The quantitative estimate of drug-likeness (QED) is 0.545. The molecule has 7 nitrogen and oxygen atoms in total. The molecule has 1 aromatic heterocycles. The first-order valence-corrected chi connectivity index (χ1v) is 8.55. The Morgan fingerprint density at radius 3 is 2.26 bits per heavy atom. The van der Waals surface area contributed by atoms with Gasteiger partial charge in [-0.1, -0.05) is 15.9 Å². The predicted octanol–water partition coefficient (Wildman–Crippen LogP) is 4.24. The summed E-state index contributed by atoms with van der Waals surface area (Å²) in [7, 11) is 4.55. The average molecular weight is 439 g/mol. The summed E-state index contributed by atoms with van der Waals surface area (Å²) in [6.07, 6.45) is 0. The van der Waals surface area contributed by atoms with Crippen molar-refractivity contribution >= 4 is 15.9 Å². The van der Waals surface area contributed by atoms with Crippen LogP contribution in [0.3, 0.4) is 0 Å². The van der Waals surface area contributed by atoms with Gasteiger partial charge >= 0.3 is 0 Å². The third-order valence-corrected chi connectivity index (χ3v) is 4.12. The summed E-state index contributed by atoms with van der Waals surface area (Å²) < 4.78 is 41.3. The molecule has 0 spiro atoms. The molecular formula is C18H16BrFN2O5. The van der Waals surface area contributed by atoms with Crippen molar-refractivity contribution in [2.24, 2.45) is 0 Å². The van der Waals surface area contributed by atoms with Crippen LogP contribution >= 0.6 is 15.9 Å². The van der Waals surface area contributed by atoms with Gasteiger partial charge in [-0.25, -0.2) is 4.39 Å². The van der Waals surface area contributed by atoms with Gasteiger partial charge in [-0.3, -0.25) is 0 Å². The van der Waals surface area contributed by atoms with E-state index in [2.05, 4.69) is 26.1 Å². The number of benzene rings is 2. The van der Waals surface area contributed by atoms with Gasteiger partial charge in [-0.05, 0) is 30.3 Å². The molecule has 9 heteroatoms. The molecule has 0 bridgehead atoms. The average Bonchev–Trinajstić information content (AvgIpc) is 3.15. The van der Waals surface area contributed by atoms with E-state index in [1.807, 2.05) is 0 Å². The number of methoxy groups -OCH3 is 3. The van der Waals surface area contributed by atoms with Crippen molar-refractivity contribution in [2.45, 2.75) is 6.61 Å². The highest BCUT2D eigenvalue weighted by Crippen LogP contribution is 2.40. The van der Waals surface area contributed by atoms with E-state index in [0.29, 0.717) is 27.3 Å². The molecule has 0 amide bonds. The van der Waals surface area contributed by atoms with Gasteiger partial charge in [0.25, 0.3) is 5.89 Å². The maximum absolute atomic E-state index is 13.8. The smallest absolute Gasteiger partial charge is 0.254 e. The van der Waals surface area contributed by atoms with Crippen molar-refractivity contribution < 1.29 is 27.8 Å². The number of aromatic nitrogens is 2. The van der Waals surface area contributed by atoms with Crippen LogP contribution in [0, 0.1) is 5.82 Å². The molecule has 1 heterocycles. The minimum atomic E-state index is -0.492. The predicted molar refractivity (Wildman–Crippen MR) is 97.8 cm³/mol. The van der Waals surface area contributed by atoms with Gasteiger partial charge in [-0.2, -0.15) is 0 Å². The minimum Gasteiger partial charge on any atom is -0.493 e. The van der Waals surface area contributed by atoms with E-state index in [1.165, 1.54) is 33.5 Å². The van der Waals surface area contributed by atoms with Gasteiger partial charge in [-0.15, -0.1) is 10.2 Å². The fraction of sp³-hybridized carbons (Fsp3) is 0.222. The summed E-state index contributed by atoms with van der Waals surface area (Å²) in [5, 5.41) is 7.91. The van der Waals surface area contributed by atoms with E-state index in [1.54, 1.807) is 18.2 Å². The van der Waals surface area contributed by atoms with Crippen LogP contribution < -0.4 is 18.9 Å². The third kappa shape index (κ3) is 4.13. The molecule has 3 rings (SSSR count). The molecule has 0 aliphatic carbocycles. The van der Waals surface area contributed by atoms with Gasteiger partial charge in [0.15, 0.2) is 29.7 Å². The number of hydrogen-bond acceptors (Lipinski definition) is 7.